The molecule has 0 bridgehead atoms. The number of methoxy groups -OCH3 is 1. The SMILES string of the molecule is COc1ccc(-c2cc(C(=O)N(CC(C)C)CC(C)C)c3ccccc3n2)cc1. The summed E-state index contributed by atoms with van der Waals surface area (Å²) >= 11 is 0. The molecule has 3 rings (SSSR count). The molecule has 0 radical (unpaired) electrons. The molecule has 4 heteroatoms. The normalized spacial score (nSPS) is 11.3. The third-order valence-electron chi connectivity index (χ3n) is 4.79. The van der Waals surface area contributed by atoms with Crippen LogP contribution in [0.25, 0.3) is 22.2 Å². The zero-order valence-corrected chi connectivity index (χ0v) is 18.0. The third kappa shape index (κ3) is 4.94. The van der Waals surface area contributed by atoms with Crippen LogP contribution >= 0.6 is 0 Å². The minimum Gasteiger partial charge on any atom is -0.497 e. The number of pyridine rings is 1. The summed E-state index contributed by atoms with van der Waals surface area (Å²) in [7, 11) is 1.65. The van der Waals surface area contributed by atoms with Crippen LogP contribution in [-0.2, 0) is 0 Å². The number of rotatable bonds is 7. The average Bonchev–Trinajstić information content (AvgIpc) is 2.71. The lowest BCUT2D eigenvalue weighted by Crippen LogP contribution is -2.37. The van der Waals surface area contributed by atoms with Crippen molar-refractivity contribution in [1.29, 1.82) is 0 Å². The molecule has 152 valence electrons. The first-order valence-electron chi connectivity index (χ1n) is 10.2. The number of para-hydroxylation sites is 1. The smallest absolute Gasteiger partial charge is 0.254 e. The van der Waals surface area contributed by atoms with Crippen LogP contribution in [0.5, 0.6) is 5.75 Å². The second kappa shape index (κ2) is 9.08. The van der Waals surface area contributed by atoms with Crippen LogP contribution in [0.1, 0.15) is 38.1 Å². The van der Waals surface area contributed by atoms with E-state index in [2.05, 4.69) is 27.7 Å². The third-order valence-corrected chi connectivity index (χ3v) is 4.79. The van der Waals surface area contributed by atoms with Crippen molar-refractivity contribution in [3.8, 4) is 17.0 Å². The number of fused-ring (bicyclic) bond motifs is 1. The van der Waals surface area contributed by atoms with Crippen LogP contribution in [0.3, 0.4) is 0 Å². The Bertz CT molecular complexity index is 968. The average molecular weight is 391 g/mol. The molecule has 2 aromatic carbocycles. The Morgan fingerprint density at radius 3 is 2.17 bits per heavy atom. The van der Waals surface area contributed by atoms with E-state index in [1.54, 1.807) is 7.11 Å². The lowest BCUT2D eigenvalue weighted by molar-refractivity contribution is 0.0717. The maximum atomic E-state index is 13.6. The zero-order valence-electron chi connectivity index (χ0n) is 18.0. The van der Waals surface area contributed by atoms with Crippen molar-refractivity contribution in [2.24, 2.45) is 11.8 Å². The summed E-state index contributed by atoms with van der Waals surface area (Å²) in [5, 5.41) is 0.896. The fourth-order valence-corrected chi connectivity index (χ4v) is 3.55. The molecule has 0 aliphatic heterocycles. The number of benzene rings is 2. The number of carbonyl (C=O) groups is 1. The highest BCUT2D eigenvalue weighted by atomic mass is 16.5. The molecule has 4 nitrogen and oxygen atoms in total. The van der Waals surface area contributed by atoms with Gasteiger partial charge in [-0.2, -0.15) is 0 Å². The van der Waals surface area contributed by atoms with Crippen molar-refractivity contribution in [3.05, 3.63) is 60.2 Å². The van der Waals surface area contributed by atoms with Gasteiger partial charge in [-0.05, 0) is 48.2 Å². The van der Waals surface area contributed by atoms with E-state index in [0.29, 0.717) is 17.4 Å². The van der Waals surface area contributed by atoms with Crippen LogP contribution in [0, 0.1) is 11.8 Å². The molecule has 3 aromatic rings. The maximum absolute atomic E-state index is 13.6. The minimum absolute atomic E-state index is 0.0701. The maximum Gasteiger partial charge on any atom is 0.254 e. The van der Waals surface area contributed by atoms with Crippen molar-refractivity contribution >= 4 is 16.8 Å². The van der Waals surface area contributed by atoms with Gasteiger partial charge in [-0.1, -0.05) is 45.9 Å². The van der Waals surface area contributed by atoms with Gasteiger partial charge < -0.3 is 9.64 Å². The van der Waals surface area contributed by atoms with E-state index >= 15 is 0 Å². The molecular formula is C25H30N2O2. The number of nitrogens with zero attached hydrogens (tertiary/aromatic N) is 2. The molecule has 1 amide bonds. The fraction of sp³-hybridized carbons (Fsp3) is 0.360. The van der Waals surface area contributed by atoms with Crippen LogP contribution in [-0.4, -0.2) is 36.0 Å². The molecule has 0 atom stereocenters. The van der Waals surface area contributed by atoms with Gasteiger partial charge in [-0.3, -0.25) is 4.79 Å². The molecule has 0 saturated heterocycles. The Hall–Kier alpha value is -2.88. The number of hydrogen-bond donors (Lipinski definition) is 0. The van der Waals surface area contributed by atoms with Crippen molar-refractivity contribution in [2.75, 3.05) is 20.2 Å². The Kier molecular flexibility index (Phi) is 6.53. The predicted octanol–water partition coefficient (Wildman–Crippen LogP) is 5.66. The van der Waals surface area contributed by atoms with E-state index in [1.165, 1.54) is 0 Å². The summed E-state index contributed by atoms with van der Waals surface area (Å²) in [5.41, 5.74) is 3.30. The summed E-state index contributed by atoms with van der Waals surface area (Å²) in [6, 6.07) is 17.6. The minimum atomic E-state index is 0.0701. The highest BCUT2D eigenvalue weighted by molar-refractivity contribution is 6.07. The van der Waals surface area contributed by atoms with Crippen LogP contribution in [0.2, 0.25) is 0 Å². The van der Waals surface area contributed by atoms with E-state index in [0.717, 1.165) is 41.0 Å². The van der Waals surface area contributed by atoms with Crippen LogP contribution in [0.15, 0.2) is 54.6 Å². The van der Waals surface area contributed by atoms with E-state index in [4.69, 9.17) is 9.72 Å². The Morgan fingerprint density at radius 1 is 0.966 bits per heavy atom. The molecule has 29 heavy (non-hydrogen) atoms. The number of aromatic nitrogens is 1. The standard InChI is InChI=1S/C25H30N2O2/c1-17(2)15-27(16-18(3)4)25(28)22-14-24(19-10-12-20(29-5)13-11-19)26-23-9-7-6-8-21(22)23/h6-14,17-18H,15-16H2,1-5H3. The van der Waals surface area contributed by atoms with Gasteiger partial charge in [0.2, 0.25) is 0 Å². The number of hydrogen-bond acceptors (Lipinski definition) is 3. The first-order chi connectivity index (χ1) is 13.9. The van der Waals surface area contributed by atoms with Crippen molar-refractivity contribution in [2.45, 2.75) is 27.7 Å². The Morgan fingerprint density at radius 2 is 1.59 bits per heavy atom. The lowest BCUT2D eigenvalue weighted by Gasteiger charge is -2.27. The Labute approximate surface area is 173 Å². The summed E-state index contributed by atoms with van der Waals surface area (Å²) in [6.07, 6.45) is 0. The largest absolute Gasteiger partial charge is 0.497 e. The van der Waals surface area contributed by atoms with Gasteiger partial charge in [-0.25, -0.2) is 4.98 Å². The van der Waals surface area contributed by atoms with Crippen molar-refractivity contribution in [3.63, 3.8) is 0 Å². The summed E-state index contributed by atoms with van der Waals surface area (Å²) in [4.78, 5) is 20.4. The number of carbonyl (C=O) groups excluding carboxylic acids is 1. The summed E-state index contributed by atoms with van der Waals surface area (Å²) in [5.74, 6) is 1.69. The van der Waals surface area contributed by atoms with Crippen molar-refractivity contribution in [1.82, 2.24) is 9.88 Å². The van der Waals surface area contributed by atoms with E-state index in [1.807, 2.05) is 59.5 Å². The van der Waals surface area contributed by atoms with Gasteiger partial charge in [0.05, 0.1) is 23.9 Å². The van der Waals surface area contributed by atoms with E-state index in [9.17, 15) is 4.79 Å². The number of ether oxygens (including phenoxy) is 1. The van der Waals surface area contributed by atoms with Crippen LogP contribution in [0.4, 0.5) is 0 Å². The quantitative estimate of drug-likeness (QED) is 0.522. The lowest BCUT2D eigenvalue weighted by atomic mass is 10.0. The zero-order chi connectivity index (χ0) is 21.0. The second-order valence-electron chi connectivity index (χ2n) is 8.30. The molecule has 1 aromatic heterocycles. The fourth-order valence-electron chi connectivity index (χ4n) is 3.55. The van der Waals surface area contributed by atoms with Gasteiger partial charge in [0.1, 0.15) is 5.75 Å². The molecule has 0 aliphatic carbocycles. The van der Waals surface area contributed by atoms with Gasteiger partial charge in [-0.15, -0.1) is 0 Å². The molecule has 0 spiro atoms. The number of amides is 1. The monoisotopic (exact) mass is 390 g/mol. The van der Waals surface area contributed by atoms with Gasteiger partial charge in [0.15, 0.2) is 0 Å². The topological polar surface area (TPSA) is 42.4 Å². The Balaban J connectivity index is 2.10. The highest BCUT2D eigenvalue weighted by Gasteiger charge is 2.21. The predicted molar refractivity (Wildman–Crippen MR) is 119 cm³/mol. The van der Waals surface area contributed by atoms with Crippen molar-refractivity contribution < 1.29 is 9.53 Å². The highest BCUT2D eigenvalue weighted by Crippen LogP contribution is 2.27. The van der Waals surface area contributed by atoms with Gasteiger partial charge in [0, 0.05) is 24.0 Å². The molecule has 0 N–H and O–H groups in total. The van der Waals surface area contributed by atoms with E-state index < -0.39 is 0 Å². The first kappa shape index (κ1) is 20.8. The molecular weight excluding hydrogens is 360 g/mol. The molecule has 0 fully saturated rings. The second-order valence-corrected chi connectivity index (χ2v) is 8.30. The molecule has 0 saturated carbocycles. The van der Waals surface area contributed by atoms with E-state index in [-0.39, 0.29) is 5.91 Å². The molecule has 0 aliphatic rings. The summed E-state index contributed by atoms with van der Waals surface area (Å²) in [6.45, 7) is 10.1. The van der Waals surface area contributed by atoms with Crippen LogP contribution < -0.4 is 4.74 Å². The first-order valence-corrected chi connectivity index (χ1v) is 10.2. The van der Waals surface area contributed by atoms with Gasteiger partial charge in [0.25, 0.3) is 5.91 Å². The summed E-state index contributed by atoms with van der Waals surface area (Å²) < 4.78 is 5.26. The van der Waals surface area contributed by atoms with Gasteiger partial charge >= 0.3 is 0 Å². The molecule has 1 heterocycles. The molecule has 0 unspecified atom stereocenters.